The van der Waals surface area contributed by atoms with Gasteiger partial charge in [0.15, 0.2) is 17.7 Å². The number of carbonyl (C=O) groups excluding carboxylic acids is 2. The fraction of sp³-hybridized carbons (Fsp3) is 0.515. The molecule has 7 rings (SSSR count). The van der Waals surface area contributed by atoms with Crippen LogP contribution in [0.25, 0.3) is 0 Å². The first-order chi connectivity index (χ1) is 20.1. The van der Waals surface area contributed by atoms with Crippen molar-refractivity contribution in [2.45, 2.75) is 70.2 Å². The Hall–Kier alpha value is -2.36. The molecular weight excluding hydrogens is 572 g/mol. The third-order valence-electron chi connectivity index (χ3n) is 11.1. The number of aliphatic hydroxyl groups is 1. The van der Waals surface area contributed by atoms with Crippen LogP contribution in [0.1, 0.15) is 56.9 Å². The van der Waals surface area contributed by atoms with Gasteiger partial charge >= 0.3 is 0 Å². The second-order valence-electron chi connectivity index (χ2n) is 13.2. The summed E-state index contributed by atoms with van der Waals surface area (Å²) in [5, 5.41) is 11.9. The number of benzene rings is 1. The first-order valence-corrected chi connectivity index (χ1v) is 16.3. The van der Waals surface area contributed by atoms with Gasteiger partial charge < -0.3 is 24.9 Å². The van der Waals surface area contributed by atoms with E-state index in [1.54, 1.807) is 12.2 Å². The van der Waals surface area contributed by atoms with Crippen LogP contribution in [0.4, 0.5) is 5.69 Å². The second kappa shape index (κ2) is 10.1. The van der Waals surface area contributed by atoms with Gasteiger partial charge in [0.25, 0.3) is 0 Å². The number of hydrogen-bond donors (Lipinski definition) is 2. The van der Waals surface area contributed by atoms with Gasteiger partial charge in [0.05, 0.1) is 17.4 Å². The average molecular weight is 609 g/mol. The van der Waals surface area contributed by atoms with E-state index in [9.17, 15) is 14.7 Å². The molecule has 222 valence electrons. The molecule has 0 amide bonds. The van der Waals surface area contributed by atoms with Gasteiger partial charge in [0.2, 0.25) is 5.12 Å². The van der Waals surface area contributed by atoms with E-state index in [1.165, 1.54) is 0 Å². The number of aromatic nitrogens is 1. The van der Waals surface area contributed by atoms with Crippen LogP contribution in [0.15, 0.2) is 66.5 Å². The molecule has 1 saturated heterocycles. The highest BCUT2D eigenvalue weighted by Crippen LogP contribution is 2.71. The van der Waals surface area contributed by atoms with E-state index < -0.39 is 29.5 Å². The van der Waals surface area contributed by atoms with Gasteiger partial charge in [0.1, 0.15) is 0 Å². The van der Waals surface area contributed by atoms with Gasteiger partial charge in [-0.1, -0.05) is 49.4 Å². The summed E-state index contributed by atoms with van der Waals surface area (Å²) >= 11 is 7.19. The standard InChI is InChI=1S/C33H37ClN2O5S/c1-31-11-9-23(37)13-21(31)5-8-24-25-14-27-33(30(39)42-18-34,32(25,2)15-26(38)28(24)31)41-29(40-27)20-10-12-36(17-20)16-19-3-6-22(35)7-4-19/h3-4,6-7,9-13,17,24-29,38H,5,8,14-16,18,35H2,1-2H3/t24-,25-,26-,27+,28?,29+,31-,32-,33-/m0/s1. The summed E-state index contributed by atoms with van der Waals surface area (Å²) in [5.74, 6) is 0.270. The zero-order chi connectivity index (χ0) is 29.4. The maximum Gasteiger partial charge on any atom is 0.225 e. The van der Waals surface area contributed by atoms with Crippen LogP contribution < -0.4 is 5.73 Å². The largest absolute Gasteiger partial charge is 0.399 e. The molecule has 1 aromatic carbocycles. The van der Waals surface area contributed by atoms with Crippen molar-refractivity contribution < 1.29 is 24.2 Å². The minimum Gasteiger partial charge on any atom is -0.399 e. The number of anilines is 1. The quantitative estimate of drug-likeness (QED) is 0.336. The number of hydrogen-bond acceptors (Lipinski definition) is 7. The SMILES string of the molecule is C[C@]12C=CC(=O)C=C1CC[C@@H]1C2[C@@H](O)C[C@@]2(C)[C@H]1C[C@H]1O[C@@H](c3ccn(Cc4ccc(N)cc4)c3)O[C@]12C(=O)SCCl. The number of thioether (sulfide) groups is 1. The van der Waals surface area contributed by atoms with Crippen molar-refractivity contribution in [2.75, 3.05) is 10.9 Å². The lowest BCUT2D eigenvalue weighted by Gasteiger charge is -2.59. The Balaban J connectivity index is 1.20. The molecule has 4 fully saturated rings. The van der Waals surface area contributed by atoms with Crippen molar-refractivity contribution >= 4 is 39.9 Å². The van der Waals surface area contributed by atoms with Crippen molar-refractivity contribution in [3.05, 3.63) is 77.7 Å². The third-order valence-corrected chi connectivity index (χ3v) is 12.1. The van der Waals surface area contributed by atoms with Gasteiger partial charge in [-0.2, -0.15) is 0 Å². The maximum absolute atomic E-state index is 14.1. The van der Waals surface area contributed by atoms with E-state index in [2.05, 4.69) is 18.4 Å². The lowest BCUT2D eigenvalue weighted by molar-refractivity contribution is -0.194. The molecule has 0 spiro atoms. The fourth-order valence-corrected chi connectivity index (χ4v) is 10.3. The molecule has 2 heterocycles. The highest BCUT2D eigenvalue weighted by atomic mass is 35.5. The average Bonchev–Trinajstić information content (AvgIpc) is 3.63. The lowest BCUT2D eigenvalue weighted by Crippen LogP contribution is -2.62. The van der Waals surface area contributed by atoms with Crippen molar-refractivity contribution in [1.82, 2.24) is 4.57 Å². The number of nitrogen functional groups attached to an aromatic ring is 1. The predicted molar refractivity (Wildman–Crippen MR) is 163 cm³/mol. The Kier molecular flexibility index (Phi) is 6.83. The number of nitrogens with two attached hydrogens (primary N) is 1. The van der Waals surface area contributed by atoms with Crippen LogP contribution in [0.2, 0.25) is 0 Å². The minimum absolute atomic E-state index is 0.0178. The second-order valence-corrected chi connectivity index (χ2v) is 14.7. The number of rotatable bonds is 5. The summed E-state index contributed by atoms with van der Waals surface area (Å²) in [6, 6.07) is 9.78. The summed E-state index contributed by atoms with van der Waals surface area (Å²) in [5.41, 5.74) is 7.42. The van der Waals surface area contributed by atoms with Crippen LogP contribution in [-0.4, -0.2) is 43.6 Å². The van der Waals surface area contributed by atoms with Gasteiger partial charge in [-0.15, -0.1) is 11.6 Å². The number of carbonyl (C=O) groups is 2. The van der Waals surface area contributed by atoms with E-state index in [0.29, 0.717) is 19.4 Å². The maximum atomic E-state index is 14.1. The van der Waals surface area contributed by atoms with Gasteiger partial charge in [0, 0.05) is 46.9 Å². The van der Waals surface area contributed by atoms with Gasteiger partial charge in [-0.3, -0.25) is 9.59 Å². The Labute approximate surface area is 255 Å². The topological polar surface area (TPSA) is 104 Å². The third kappa shape index (κ3) is 4.05. The van der Waals surface area contributed by atoms with Crippen molar-refractivity contribution in [3.63, 3.8) is 0 Å². The highest BCUT2D eigenvalue weighted by Gasteiger charge is 2.76. The summed E-state index contributed by atoms with van der Waals surface area (Å²) in [6.07, 6.45) is 10.4. The summed E-state index contributed by atoms with van der Waals surface area (Å²) in [7, 11) is 0. The van der Waals surface area contributed by atoms with Crippen molar-refractivity contribution in [2.24, 2.45) is 28.6 Å². The van der Waals surface area contributed by atoms with Crippen molar-refractivity contribution in [1.29, 1.82) is 0 Å². The zero-order valence-corrected chi connectivity index (χ0v) is 25.4. The van der Waals surface area contributed by atoms with E-state index in [1.807, 2.05) is 48.8 Å². The molecule has 1 aromatic heterocycles. The first kappa shape index (κ1) is 28.4. The van der Waals surface area contributed by atoms with Crippen LogP contribution in [0.3, 0.4) is 0 Å². The van der Waals surface area contributed by atoms with E-state index in [-0.39, 0.29) is 39.3 Å². The van der Waals surface area contributed by atoms with Crippen LogP contribution >= 0.6 is 23.4 Å². The Bertz CT molecular complexity index is 1490. The molecule has 1 aliphatic heterocycles. The zero-order valence-electron chi connectivity index (χ0n) is 23.9. The number of aliphatic hydroxyl groups excluding tert-OH is 1. The molecule has 3 N–H and O–H groups in total. The fourth-order valence-electron chi connectivity index (χ4n) is 9.25. The molecule has 1 unspecified atom stereocenters. The summed E-state index contributed by atoms with van der Waals surface area (Å²) in [4.78, 5) is 26.3. The monoisotopic (exact) mass is 608 g/mol. The molecule has 5 aliphatic rings. The number of ketones is 1. The Morgan fingerprint density at radius 1 is 1.24 bits per heavy atom. The molecule has 42 heavy (non-hydrogen) atoms. The molecule has 0 bridgehead atoms. The molecule has 2 aromatic rings. The number of halogens is 1. The molecule has 4 aliphatic carbocycles. The predicted octanol–water partition coefficient (Wildman–Crippen LogP) is 5.62. The summed E-state index contributed by atoms with van der Waals surface area (Å²) in [6.45, 7) is 4.95. The van der Waals surface area contributed by atoms with E-state index in [0.717, 1.165) is 47.0 Å². The summed E-state index contributed by atoms with van der Waals surface area (Å²) < 4.78 is 15.6. The number of nitrogens with zero attached hydrogens (tertiary/aromatic N) is 1. The normalized spacial score (nSPS) is 40.2. The van der Waals surface area contributed by atoms with E-state index in [4.69, 9.17) is 26.8 Å². The smallest absolute Gasteiger partial charge is 0.225 e. The molecule has 3 saturated carbocycles. The minimum atomic E-state index is -1.22. The van der Waals surface area contributed by atoms with E-state index >= 15 is 0 Å². The Morgan fingerprint density at radius 2 is 2.02 bits per heavy atom. The molecule has 7 nitrogen and oxygen atoms in total. The number of allylic oxidation sites excluding steroid dienone is 4. The van der Waals surface area contributed by atoms with Crippen LogP contribution in [-0.2, 0) is 25.6 Å². The van der Waals surface area contributed by atoms with Crippen molar-refractivity contribution in [3.8, 4) is 0 Å². The first-order valence-electron chi connectivity index (χ1n) is 14.8. The number of fused-ring (bicyclic) bond motifs is 7. The van der Waals surface area contributed by atoms with Gasteiger partial charge in [-0.25, -0.2) is 0 Å². The number of alkyl halides is 1. The molecular formula is C33H37ClN2O5S. The van der Waals surface area contributed by atoms with Crippen LogP contribution in [0, 0.1) is 28.6 Å². The van der Waals surface area contributed by atoms with Gasteiger partial charge in [-0.05, 0) is 73.4 Å². The lowest BCUT2D eigenvalue weighted by atomic mass is 9.46. The Morgan fingerprint density at radius 3 is 2.79 bits per heavy atom. The molecule has 9 atom stereocenters. The molecule has 9 heteroatoms. The van der Waals surface area contributed by atoms with Crippen LogP contribution in [0.5, 0.6) is 0 Å². The highest BCUT2D eigenvalue weighted by molar-refractivity contribution is 8.14. The molecule has 0 radical (unpaired) electrons. The number of ether oxygens (including phenoxy) is 2.